The molecule has 0 radical (unpaired) electrons. The van der Waals surface area contributed by atoms with E-state index in [2.05, 4.69) is 57.8 Å². The van der Waals surface area contributed by atoms with Crippen LogP contribution in [0, 0.1) is 0 Å². The number of halogens is 1. The molecule has 1 atom stereocenters. The highest BCUT2D eigenvalue weighted by atomic mass is 79.9. The van der Waals surface area contributed by atoms with Crippen molar-refractivity contribution in [3.8, 4) is 0 Å². The molecule has 1 N–H and O–H groups in total. The molecule has 0 aromatic carbocycles. The van der Waals surface area contributed by atoms with Crippen LogP contribution >= 0.6 is 27.3 Å². The molecule has 0 spiro atoms. The van der Waals surface area contributed by atoms with E-state index < -0.39 is 0 Å². The number of hydrogen-bond donors (Lipinski definition) is 1. The second kappa shape index (κ2) is 7.22. The van der Waals surface area contributed by atoms with Crippen LogP contribution in [0.3, 0.4) is 0 Å². The van der Waals surface area contributed by atoms with Crippen LogP contribution in [0.25, 0.3) is 0 Å². The van der Waals surface area contributed by atoms with Gasteiger partial charge in [0.1, 0.15) is 0 Å². The maximum atomic E-state index is 4.35. The maximum Gasteiger partial charge on any atom is 0.0522 e. The van der Waals surface area contributed by atoms with E-state index in [-0.39, 0.29) is 0 Å². The Balaban J connectivity index is 2.11. The van der Waals surface area contributed by atoms with Gasteiger partial charge >= 0.3 is 0 Å². The Morgan fingerprint density at radius 3 is 2.89 bits per heavy atom. The SMILES string of the molecule is CCCNC(Cc1cnn(CC)c1)c1sccc1Br. The van der Waals surface area contributed by atoms with Crippen LogP contribution in [0.15, 0.2) is 28.3 Å². The minimum atomic E-state index is 0.365. The highest BCUT2D eigenvalue weighted by Gasteiger charge is 2.16. The first-order valence-corrected chi connectivity index (χ1v) is 8.39. The van der Waals surface area contributed by atoms with Crippen molar-refractivity contribution in [3.63, 3.8) is 0 Å². The van der Waals surface area contributed by atoms with Crippen molar-refractivity contribution in [2.75, 3.05) is 6.54 Å². The summed E-state index contributed by atoms with van der Waals surface area (Å²) in [5.41, 5.74) is 1.29. The van der Waals surface area contributed by atoms with Gasteiger partial charge in [0.15, 0.2) is 0 Å². The molecule has 0 saturated carbocycles. The smallest absolute Gasteiger partial charge is 0.0522 e. The molecule has 0 fully saturated rings. The van der Waals surface area contributed by atoms with Crippen molar-refractivity contribution in [1.29, 1.82) is 0 Å². The van der Waals surface area contributed by atoms with E-state index in [4.69, 9.17) is 0 Å². The molecule has 0 aliphatic rings. The fourth-order valence-electron chi connectivity index (χ4n) is 2.05. The normalized spacial score (nSPS) is 12.8. The molecule has 0 amide bonds. The van der Waals surface area contributed by atoms with Gasteiger partial charge in [-0.2, -0.15) is 5.10 Å². The first-order chi connectivity index (χ1) is 9.24. The Morgan fingerprint density at radius 2 is 2.32 bits per heavy atom. The molecule has 19 heavy (non-hydrogen) atoms. The first-order valence-electron chi connectivity index (χ1n) is 6.72. The minimum Gasteiger partial charge on any atom is -0.309 e. The Bertz CT molecular complexity index is 506. The monoisotopic (exact) mass is 341 g/mol. The molecule has 0 bridgehead atoms. The van der Waals surface area contributed by atoms with Crippen molar-refractivity contribution < 1.29 is 0 Å². The summed E-state index contributed by atoms with van der Waals surface area (Å²) in [6, 6.07) is 2.49. The topological polar surface area (TPSA) is 29.9 Å². The van der Waals surface area contributed by atoms with E-state index in [1.165, 1.54) is 14.9 Å². The number of nitrogens with one attached hydrogen (secondary N) is 1. The lowest BCUT2D eigenvalue weighted by Crippen LogP contribution is -2.23. The van der Waals surface area contributed by atoms with E-state index in [1.807, 2.05) is 10.9 Å². The van der Waals surface area contributed by atoms with Crippen LogP contribution in [0.1, 0.15) is 36.8 Å². The summed E-state index contributed by atoms with van der Waals surface area (Å²) in [5.74, 6) is 0. The summed E-state index contributed by atoms with van der Waals surface area (Å²) in [4.78, 5) is 1.37. The summed E-state index contributed by atoms with van der Waals surface area (Å²) in [5, 5.41) is 10.1. The zero-order valence-corrected chi connectivity index (χ0v) is 13.8. The Kier molecular flexibility index (Phi) is 5.60. The van der Waals surface area contributed by atoms with Crippen LogP contribution in [0.4, 0.5) is 0 Å². The van der Waals surface area contributed by atoms with Gasteiger partial charge in [-0.15, -0.1) is 11.3 Å². The predicted octanol–water partition coefficient (Wildman–Crippen LogP) is 4.01. The van der Waals surface area contributed by atoms with Crippen molar-refractivity contribution in [3.05, 3.63) is 38.8 Å². The van der Waals surface area contributed by atoms with Crippen LogP contribution in [-0.2, 0) is 13.0 Å². The largest absolute Gasteiger partial charge is 0.309 e. The lowest BCUT2D eigenvalue weighted by molar-refractivity contribution is 0.535. The zero-order valence-electron chi connectivity index (χ0n) is 11.4. The summed E-state index contributed by atoms with van der Waals surface area (Å²) in [7, 11) is 0. The molecule has 2 aromatic heterocycles. The standard InChI is InChI=1S/C14H20BrN3S/c1-3-6-16-13(14-12(15)5-7-19-14)8-11-9-17-18(4-2)10-11/h5,7,9-10,13,16H,3-4,6,8H2,1-2H3. The second-order valence-electron chi connectivity index (χ2n) is 4.55. The quantitative estimate of drug-likeness (QED) is 0.824. The van der Waals surface area contributed by atoms with E-state index in [1.54, 1.807) is 11.3 Å². The molecule has 1 unspecified atom stereocenters. The average molecular weight is 342 g/mol. The van der Waals surface area contributed by atoms with Crippen LogP contribution in [0.5, 0.6) is 0 Å². The van der Waals surface area contributed by atoms with Gasteiger partial charge in [-0.05, 0) is 59.2 Å². The highest BCUT2D eigenvalue weighted by Crippen LogP contribution is 2.31. The fraction of sp³-hybridized carbons (Fsp3) is 0.500. The number of aryl methyl sites for hydroxylation is 1. The molecule has 2 rings (SSSR count). The number of hydrogen-bond acceptors (Lipinski definition) is 3. The lowest BCUT2D eigenvalue weighted by atomic mass is 10.1. The number of aromatic nitrogens is 2. The predicted molar refractivity (Wildman–Crippen MR) is 84.7 cm³/mol. The summed E-state index contributed by atoms with van der Waals surface area (Å²) < 4.78 is 3.18. The molecule has 0 aliphatic carbocycles. The minimum absolute atomic E-state index is 0.365. The molecule has 5 heteroatoms. The van der Waals surface area contributed by atoms with Crippen LogP contribution < -0.4 is 5.32 Å². The molecule has 3 nitrogen and oxygen atoms in total. The van der Waals surface area contributed by atoms with Gasteiger partial charge in [0.05, 0.1) is 6.20 Å². The van der Waals surface area contributed by atoms with Crippen LogP contribution in [-0.4, -0.2) is 16.3 Å². The van der Waals surface area contributed by atoms with Crippen LogP contribution in [0.2, 0.25) is 0 Å². The number of nitrogens with zero attached hydrogens (tertiary/aromatic N) is 2. The Labute approximate surface area is 127 Å². The van der Waals surface area contributed by atoms with E-state index >= 15 is 0 Å². The first kappa shape index (κ1) is 14.8. The van der Waals surface area contributed by atoms with E-state index in [0.29, 0.717) is 6.04 Å². The van der Waals surface area contributed by atoms with Gasteiger partial charge in [0, 0.05) is 28.1 Å². The van der Waals surface area contributed by atoms with Crippen molar-refractivity contribution in [2.45, 2.75) is 39.3 Å². The zero-order chi connectivity index (χ0) is 13.7. The molecule has 0 saturated heterocycles. The van der Waals surface area contributed by atoms with E-state index in [0.717, 1.165) is 25.9 Å². The van der Waals surface area contributed by atoms with Crippen molar-refractivity contribution in [2.24, 2.45) is 0 Å². The average Bonchev–Trinajstić information content (AvgIpc) is 3.03. The van der Waals surface area contributed by atoms with Gasteiger partial charge < -0.3 is 5.32 Å². The van der Waals surface area contributed by atoms with Crippen molar-refractivity contribution in [1.82, 2.24) is 15.1 Å². The summed E-state index contributed by atoms with van der Waals surface area (Å²) >= 11 is 5.44. The molecular weight excluding hydrogens is 322 g/mol. The van der Waals surface area contributed by atoms with Gasteiger partial charge in [-0.3, -0.25) is 4.68 Å². The van der Waals surface area contributed by atoms with Gasteiger partial charge in [0.25, 0.3) is 0 Å². The molecule has 2 heterocycles. The summed E-state index contributed by atoms with van der Waals surface area (Å²) in [6.45, 7) is 6.27. The third-order valence-electron chi connectivity index (χ3n) is 3.05. The Hall–Kier alpha value is -0.650. The van der Waals surface area contributed by atoms with Gasteiger partial charge in [0.2, 0.25) is 0 Å². The van der Waals surface area contributed by atoms with Crippen molar-refractivity contribution >= 4 is 27.3 Å². The molecule has 104 valence electrons. The lowest BCUT2D eigenvalue weighted by Gasteiger charge is -2.17. The number of rotatable bonds is 7. The molecular formula is C14H20BrN3S. The highest BCUT2D eigenvalue weighted by molar-refractivity contribution is 9.10. The fourth-order valence-corrected chi connectivity index (χ4v) is 3.78. The maximum absolute atomic E-state index is 4.35. The van der Waals surface area contributed by atoms with E-state index in [9.17, 15) is 0 Å². The Morgan fingerprint density at radius 1 is 1.47 bits per heavy atom. The second-order valence-corrected chi connectivity index (χ2v) is 6.35. The van der Waals surface area contributed by atoms with Gasteiger partial charge in [-0.25, -0.2) is 0 Å². The number of thiophene rings is 1. The molecule has 0 aliphatic heterocycles. The summed E-state index contributed by atoms with van der Waals surface area (Å²) in [6.07, 6.45) is 6.25. The molecule has 2 aromatic rings. The third kappa shape index (κ3) is 3.91. The van der Waals surface area contributed by atoms with Gasteiger partial charge in [-0.1, -0.05) is 6.92 Å². The third-order valence-corrected chi connectivity index (χ3v) is 5.04.